The number of carbonyl (C=O) groups excluding carboxylic acids is 1. The van der Waals surface area contributed by atoms with E-state index in [0.29, 0.717) is 0 Å². The van der Waals surface area contributed by atoms with Gasteiger partial charge < -0.3 is 15.8 Å². The second-order valence-corrected chi connectivity index (χ2v) is 6.86. The van der Waals surface area contributed by atoms with Crippen LogP contribution in [0.15, 0.2) is 22.7 Å². The van der Waals surface area contributed by atoms with Gasteiger partial charge in [0.15, 0.2) is 0 Å². The molecule has 21 heavy (non-hydrogen) atoms. The van der Waals surface area contributed by atoms with Crippen LogP contribution in [0.4, 0.5) is 0 Å². The Morgan fingerprint density at radius 2 is 2.29 bits per heavy atom. The Kier molecular flexibility index (Phi) is 4.94. The maximum absolute atomic E-state index is 12.5. The fraction of sp³-hybridized carbons (Fsp3) is 0.562. The summed E-state index contributed by atoms with van der Waals surface area (Å²) in [5.74, 6) is 0.828. The second-order valence-electron chi connectivity index (χ2n) is 6.01. The zero-order chi connectivity index (χ0) is 15.6. The molecule has 0 spiro atoms. The molecule has 1 amide bonds. The van der Waals surface area contributed by atoms with E-state index in [9.17, 15) is 4.79 Å². The molecular weight excluding hydrogens is 332 g/mol. The number of ether oxygens (including phenoxy) is 1. The Morgan fingerprint density at radius 3 is 2.81 bits per heavy atom. The van der Waals surface area contributed by atoms with Crippen LogP contribution in [0.1, 0.15) is 44.7 Å². The van der Waals surface area contributed by atoms with E-state index in [1.807, 2.05) is 32.0 Å². The van der Waals surface area contributed by atoms with Crippen molar-refractivity contribution in [3.8, 4) is 5.75 Å². The number of nitrogens with two attached hydrogens (primary N) is 1. The second kappa shape index (κ2) is 6.36. The zero-order valence-corrected chi connectivity index (χ0v) is 14.4. The molecular formula is C16H23BrN2O2. The number of hydrogen-bond donors (Lipinski definition) is 2. The molecule has 1 aromatic carbocycles. The van der Waals surface area contributed by atoms with Gasteiger partial charge in [-0.25, -0.2) is 0 Å². The van der Waals surface area contributed by atoms with Crippen molar-refractivity contribution in [1.82, 2.24) is 5.32 Å². The van der Waals surface area contributed by atoms with Crippen LogP contribution in [0.5, 0.6) is 5.75 Å². The molecule has 1 fully saturated rings. The fourth-order valence-electron chi connectivity index (χ4n) is 2.87. The van der Waals surface area contributed by atoms with E-state index >= 15 is 0 Å². The van der Waals surface area contributed by atoms with Crippen molar-refractivity contribution in [2.24, 2.45) is 11.1 Å². The van der Waals surface area contributed by atoms with Crippen LogP contribution in [-0.4, -0.2) is 19.1 Å². The van der Waals surface area contributed by atoms with Crippen molar-refractivity contribution in [3.05, 3.63) is 28.2 Å². The molecule has 0 radical (unpaired) electrons. The SMILES string of the molecule is COc1ccc(C(C)NC(=O)C2(C)CCCC2N)cc1Br. The summed E-state index contributed by atoms with van der Waals surface area (Å²) in [4.78, 5) is 12.5. The third-order valence-corrected chi connectivity index (χ3v) is 5.19. The fourth-order valence-corrected chi connectivity index (χ4v) is 3.43. The predicted molar refractivity (Wildman–Crippen MR) is 87.2 cm³/mol. The van der Waals surface area contributed by atoms with Gasteiger partial charge in [-0.3, -0.25) is 4.79 Å². The largest absolute Gasteiger partial charge is 0.496 e. The zero-order valence-electron chi connectivity index (χ0n) is 12.8. The molecule has 3 N–H and O–H groups in total. The first-order valence-corrected chi connectivity index (χ1v) is 8.08. The van der Waals surface area contributed by atoms with Gasteiger partial charge in [-0.1, -0.05) is 12.5 Å². The lowest BCUT2D eigenvalue weighted by molar-refractivity contribution is -0.131. The highest BCUT2D eigenvalue weighted by Crippen LogP contribution is 2.37. The van der Waals surface area contributed by atoms with Crippen molar-refractivity contribution in [2.75, 3.05) is 7.11 Å². The van der Waals surface area contributed by atoms with Crippen LogP contribution < -0.4 is 15.8 Å². The highest BCUT2D eigenvalue weighted by molar-refractivity contribution is 9.10. The van der Waals surface area contributed by atoms with E-state index in [0.717, 1.165) is 35.0 Å². The summed E-state index contributed by atoms with van der Waals surface area (Å²) < 4.78 is 6.10. The van der Waals surface area contributed by atoms with Crippen molar-refractivity contribution in [1.29, 1.82) is 0 Å². The minimum Gasteiger partial charge on any atom is -0.496 e. The third kappa shape index (κ3) is 3.24. The van der Waals surface area contributed by atoms with Crippen LogP contribution >= 0.6 is 15.9 Å². The number of rotatable bonds is 4. The lowest BCUT2D eigenvalue weighted by Crippen LogP contribution is -2.47. The van der Waals surface area contributed by atoms with Gasteiger partial charge in [0, 0.05) is 6.04 Å². The third-order valence-electron chi connectivity index (χ3n) is 4.57. The molecule has 116 valence electrons. The standard InChI is InChI=1S/C16H23BrN2O2/c1-10(11-6-7-13(21-3)12(17)9-11)19-15(20)16(2)8-4-5-14(16)18/h6-7,9-10,14H,4-5,8,18H2,1-3H3,(H,19,20). The minimum absolute atomic E-state index is 0.0481. The normalized spacial score (nSPS) is 26.4. The molecule has 1 aromatic rings. The van der Waals surface area contributed by atoms with Crippen molar-refractivity contribution >= 4 is 21.8 Å². The molecule has 0 saturated heterocycles. The summed E-state index contributed by atoms with van der Waals surface area (Å²) in [6, 6.07) is 5.72. The Labute approximate surface area is 134 Å². The van der Waals surface area contributed by atoms with E-state index in [2.05, 4.69) is 21.2 Å². The van der Waals surface area contributed by atoms with Gasteiger partial charge in [-0.2, -0.15) is 0 Å². The molecule has 1 aliphatic rings. The Morgan fingerprint density at radius 1 is 1.57 bits per heavy atom. The minimum atomic E-state index is -0.446. The smallest absolute Gasteiger partial charge is 0.227 e. The van der Waals surface area contributed by atoms with E-state index in [1.54, 1.807) is 7.11 Å². The highest BCUT2D eigenvalue weighted by atomic mass is 79.9. The number of hydrogen-bond acceptors (Lipinski definition) is 3. The monoisotopic (exact) mass is 354 g/mol. The summed E-state index contributed by atoms with van der Waals surface area (Å²) in [6.45, 7) is 3.95. The maximum Gasteiger partial charge on any atom is 0.227 e. The molecule has 1 aliphatic carbocycles. The van der Waals surface area contributed by atoms with E-state index < -0.39 is 5.41 Å². The molecule has 3 atom stereocenters. The van der Waals surface area contributed by atoms with Crippen molar-refractivity contribution in [2.45, 2.75) is 45.2 Å². The quantitative estimate of drug-likeness (QED) is 0.872. The number of nitrogens with one attached hydrogen (secondary N) is 1. The van der Waals surface area contributed by atoms with Gasteiger partial charge in [0.25, 0.3) is 0 Å². The number of carbonyl (C=O) groups is 1. The lowest BCUT2D eigenvalue weighted by Gasteiger charge is -2.29. The molecule has 2 rings (SSSR count). The van der Waals surface area contributed by atoms with Crippen molar-refractivity contribution in [3.63, 3.8) is 0 Å². The van der Waals surface area contributed by atoms with E-state index in [4.69, 9.17) is 10.5 Å². The molecule has 0 heterocycles. The summed E-state index contributed by atoms with van der Waals surface area (Å²) >= 11 is 3.47. The highest BCUT2D eigenvalue weighted by Gasteiger charge is 2.43. The first-order valence-electron chi connectivity index (χ1n) is 7.28. The van der Waals surface area contributed by atoms with Crippen LogP contribution in [0.3, 0.4) is 0 Å². The average molecular weight is 355 g/mol. The predicted octanol–water partition coefficient (Wildman–Crippen LogP) is 3.15. The summed E-state index contributed by atoms with van der Waals surface area (Å²) in [5.41, 5.74) is 6.69. The maximum atomic E-state index is 12.5. The molecule has 1 saturated carbocycles. The van der Waals surface area contributed by atoms with Crippen molar-refractivity contribution < 1.29 is 9.53 Å². The molecule has 0 aromatic heterocycles. The van der Waals surface area contributed by atoms with E-state index in [-0.39, 0.29) is 18.0 Å². The first kappa shape index (κ1) is 16.3. The topological polar surface area (TPSA) is 64.3 Å². The molecule has 3 unspecified atom stereocenters. The molecule has 5 heteroatoms. The number of benzene rings is 1. The summed E-state index contributed by atoms with van der Waals surface area (Å²) in [5, 5.41) is 3.09. The molecule has 4 nitrogen and oxygen atoms in total. The van der Waals surface area contributed by atoms with Gasteiger partial charge in [-0.05, 0) is 60.3 Å². The van der Waals surface area contributed by atoms with Crippen LogP contribution in [0.25, 0.3) is 0 Å². The Hall–Kier alpha value is -1.07. The summed E-state index contributed by atoms with van der Waals surface area (Å²) in [6.07, 6.45) is 2.80. The summed E-state index contributed by atoms with van der Waals surface area (Å²) in [7, 11) is 1.63. The lowest BCUT2D eigenvalue weighted by atomic mass is 9.84. The van der Waals surface area contributed by atoms with Gasteiger partial charge in [0.05, 0.1) is 23.0 Å². The first-order chi connectivity index (χ1) is 9.88. The average Bonchev–Trinajstić information content (AvgIpc) is 2.79. The van der Waals surface area contributed by atoms with Gasteiger partial charge >= 0.3 is 0 Å². The number of amides is 1. The van der Waals surface area contributed by atoms with Crippen LogP contribution in [-0.2, 0) is 4.79 Å². The Balaban J connectivity index is 2.09. The van der Waals surface area contributed by atoms with Gasteiger partial charge in [-0.15, -0.1) is 0 Å². The van der Waals surface area contributed by atoms with Crippen LogP contribution in [0, 0.1) is 5.41 Å². The molecule has 0 aliphatic heterocycles. The van der Waals surface area contributed by atoms with Gasteiger partial charge in [0.2, 0.25) is 5.91 Å². The van der Waals surface area contributed by atoms with E-state index in [1.165, 1.54) is 0 Å². The number of halogens is 1. The van der Waals surface area contributed by atoms with Crippen LogP contribution in [0.2, 0.25) is 0 Å². The molecule has 0 bridgehead atoms. The van der Waals surface area contributed by atoms with Gasteiger partial charge in [0.1, 0.15) is 5.75 Å². The Bertz CT molecular complexity index is 535. The number of methoxy groups -OCH3 is 1.